The molecule has 100 valence electrons. The van der Waals surface area contributed by atoms with E-state index >= 15 is 0 Å². The Morgan fingerprint density at radius 2 is 1.89 bits per heavy atom. The number of hydrogen-bond donors (Lipinski definition) is 2. The van der Waals surface area contributed by atoms with Crippen LogP contribution in [0.3, 0.4) is 0 Å². The molecule has 0 fully saturated rings. The number of halogens is 1. The van der Waals surface area contributed by atoms with Crippen LogP contribution in [0.15, 0.2) is 30.3 Å². The summed E-state index contributed by atoms with van der Waals surface area (Å²) in [6.07, 6.45) is 0.820. The number of aromatic nitrogens is 2. The first-order chi connectivity index (χ1) is 9.21. The summed E-state index contributed by atoms with van der Waals surface area (Å²) >= 11 is 2.30. The molecular weight excluding hydrogens is 351 g/mol. The number of nitrogens with zero attached hydrogens (tertiary/aromatic N) is 2. The average Bonchev–Trinajstić information content (AvgIpc) is 2.39. The van der Waals surface area contributed by atoms with Gasteiger partial charge in [-0.1, -0.05) is 13.0 Å². The third-order valence-corrected chi connectivity index (χ3v) is 3.21. The molecule has 1 aromatic heterocycles. The normalized spacial score (nSPS) is 10.3. The monoisotopic (exact) mass is 368 g/mol. The quantitative estimate of drug-likeness (QED) is 0.788. The van der Waals surface area contributed by atoms with E-state index in [2.05, 4.69) is 69.2 Å². The minimum Gasteiger partial charge on any atom is -0.370 e. The number of aryl methyl sites for hydroxylation is 1. The molecule has 0 unspecified atom stereocenters. The van der Waals surface area contributed by atoms with E-state index in [-0.39, 0.29) is 0 Å². The van der Waals surface area contributed by atoms with Crippen molar-refractivity contribution in [2.45, 2.75) is 20.3 Å². The Morgan fingerprint density at radius 3 is 2.58 bits per heavy atom. The van der Waals surface area contributed by atoms with Crippen LogP contribution < -0.4 is 10.6 Å². The molecule has 0 atom stereocenters. The standard InChI is InChI=1S/C14H17IN4/c1-3-12-18-13(16-4-2)9-14(19-12)17-11-7-5-6-10(15)8-11/h5-9H,3-4H2,1-2H3,(H2,16,17,18,19). The van der Waals surface area contributed by atoms with Gasteiger partial charge in [0.25, 0.3) is 0 Å². The largest absolute Gasteiger partial charge is 0.370 e. The first kappa shape index (κ1) is 14.0. The molecule has 1 heterocycles. The highest BCUT2D eigenvalue weighted by molar-refractivity contribution is 14.1. The van der Waals surface area contributed by atoms with Gasteiger partial charge in [0.15, 0.2) is 0 Å². The summed E-state index contributed by atoms with van der Waals surface area (Å²) in [7, 11) is 0. The number of nitrogens with one attached hydrogen (secondary N) is 2. The number of hydrogen-bond acceptors (Lipinski definition) is 4. The van der Waals surface area contributed by atoms with Crippen LogP contribution in [0.2, 0.25) is 0 Å². The summed E-state index contributed by atoms with van der Waals surface area (Å²) in [6.45, 7) is 4.96. The van der Waals surface area contributed by atoms with Crippen molar-refractivity contribution in [3.8, 4) is 0 Å². The first-order valence-electron chi connectivity index (χ1n) is 6.35. The van der Waals surface area contributed by atoms with E-state index in [1.807, 2.05) is 18.2 Å². The van der Waals surface area contributed by atoms with Crippen molar-refractivity contribution < 1.29 is 0 Å². The zero-order valence-corrected chi connectivity index (χ0v) is 13.2. The van der Waals surface area contributed by atoms with Crippen molar-refractivity contribution in [1.82, 2.24) is 9.97 Å². The Balaban J connectivity index is 2.26. The molecule has 2 N–H and O–H groups in total. The van der Waals surface area contributed by atoms with Crippen LogP contribution in [0.25, 0.3) is 0 Å². The molecule has 0 spiro atoms. The average molecular weight is 368 g/mol. The summed E-state index contributed by atoms with van der Waals surface area (Å²) in [5.41, 5.74) is 1.04. The van der Waals surface area contributed by atoms with Gasteiger partial charge in [0, 0.05) is 28.3 Å². The molecule has 19 heavy (non-hydrogen) atoms. The van der Waals surface area contributed by atoms with E-state index < -0.39 is 0 Å². The molecule has 0 bridgehead atoms. The molecule has 2 rings (SSSR count). The first-order valence-corrected chi connectivity index (χ1v) is 7.43. The maximum absolute atomic E-state index is 4.49. The molecular formula is C14H17IN4. The van der Waals surface area contributed by atoms with Crippen LogP contribution in [0.1, 0.15) is 19.7 Å². The van der Waals surface area contributed by atoms with Crippen LogP contribution in [-0.2, 0) is 6.42 Å². The highest BCUT2D eigenvalue weighted by atomic mass is 127. The Morgan fingerprint density at radius 1 is 1.11 bits per heavy atom. The van der Waals surface area contributed by atoms with Crippen LogP contribution in [0.5, 0.6) is 0 Å². The molecule has 0 aliphatic carbocycles. The van der Waals surface area contributed by atoms with E-state index in [0.29, 0.717) is 0 Å². The van der Waals surface area contributed by atoms with Crippen LogP contribution >= 0.6 is 22.6 Å². The van der Waals surface area contributed by atoms with Crippen molar-refractivity contribution in [3.63, 3.8) is 0 Å². The molecule has 0 aliphatic heterocycles. The summed E-state index contributed by atoms with van der Waals surface area (Å²) < 4.78 is 1.19. The second kappa shape index (κ2) is 6.70. The number of anilines is 3. The van der Waals surface area contributed by atoms with Crippen molar-refractivity contribution in [2.24, 2.45) is 0 Å². The smallest absolute Gasteiger partial charge is 0.136 e. The lowest BCUT2D eigenvalue weighted by Crippen LogP contribution is -2.05. The van der Waals surface area contributed by atoms with Gasteiger partial charge >= 0.3 is 0 Å². The van der Waals surface area contributed by atoms with Crippen molar-refractivity contribution in [2.75, 3.05) is 17.2 Å². The van der Waals surface area contributed by atoms with E-state index in [0.717, 1.165) is 36.1 Å². The summed E-state index contributed by atoms with van der Waals surface area (Å²) in [4.78, 5) is 8.93. The van der Waals surface area contributed by atoms with Crippen LogP contribution in [-0.4, -0.2) is 16.5 Å². The van der Waals surface area contributed by atoms with E-state index in [9.17, 15) is 0 Å². The molecule has 0 radical (unpaired) electrons. The van der Waals surface area contributed by atoms with E-state index in [1.54, 1.807) is 0 Å². The third-order valence-electron chi connectivity index (χ3n) is 2.54. The Labute approximate surface area is 127 Å². The predicted molar refractivity (Wildman–Crippen MR) is 88.0 cm³/mol. The Bertz CT molecular complexity index is 557. The summed E-state index contributed by atoms with van der Waals surface area (Å²) in [6, 6.07) is 10.1. The van der Waals surface area contributed by atoms with Gasteiger partial charge in [0.1, 0.15) is 17.5 Å². The van der Waals surface area contributed by atoms with Gasteiger partial charge in [-0.05, 0) is 47.7 Å². The van der Waals surface area contributed by atoms with Gasteiger partial charge in [-0.15, -0.1) is 0 Å². The molecule has 0 aliphatic rings. The summed E-state index contributed by atoms with van der Waals surface area (Å²) in [5.74, 6) is 2.53. The SMILES string of the molecule is CCNc1cc(Nc2cccc(I)c2)nc(CC)n1. The Hall–Kier alpha value is -1.37. The van der Waals surface area contributed by atoms with Crippen LogP contribution in [0, 0.1) is 3.57 Å². The fraction of sp³-hybridized carbons (Fsp3) is 0.286. The van der Waals surface area contributed by atoms with Crippen molar-refractivity contribution in [3.05, 3.63) is 39.7 Å². The van der Waals surface area contributed by atoms with Crippen molar-refractivity contribution >= 4 is 39.9 Å². The topological polar surface area (TPSA) is 49.8 Å². The fourth-order valence-electron chi connectivity index (χ4n) is 1.71. The third kappa shape index (κ3) is 4.05. The second-order valence-corrected chi connectivity index (χ2v) is 5.32. The molecule has 1 aromatic carbocycles. The Kier molecular flexibility index (Phi) is 4.95. The zero-order valence-electron chi connectivity index (χ0n) is 11.1. The maximum Gasteiger partial charge on any atom is 0.136 e. The second-order valence-electron chi connectivity index (χ2n) is 4.07. The van der Waals surface area contributed by atoms with Gasteiger partial charge in [-0.25, -0.2) is 9.97 Å². The van der Waals surface area contributed by atoms with E-state index in [4.69, 9.17) is 0 Å². The molecule has 0 amide bonds. The molecule has 0 saturated carbocycles. The molecule has 4 nitrogen and oxygen atoms in total. The van der Waals surface area contributed by atoms with Gasteiger partial charge in [0.2, 0.25) is 0 Å². The number of rotatable bonds is 5. The minimum absolute atomic E-state index is 0.820. The summed E-state index contributed by atoms with van der Waals surface area (Å²) in [5, 5.41) is 6.55. The van der Waals surface area contributed by atoms with Gasteiger partial charge < -0.3 is 10.6 Å². The molecule has 5 heteroatoms. The maximum atomic E-state index is 4.49. The lowest BCUT2D eigenvalue weighted by Gasteiger charge is -2.10. The molecule has 2 aromatic rings. The number of benzene rings is 1. The molecule has 0 saturated heterocycles. The van der Waals surface area contributed by atoms with Crippen LogP contribution in [0.4, 0.5) is 17.3 Å². The van der Waals surface area contributed by atoms with Gasteiger partial charge in [-0.2, -0.15) is 0 Å². The lowest BCUT2D eigenvalue weighted by atomic mass is 10.3. The van der Waals surface area contributed by atoms with E-state index in [1.165, 1.54) is 3.57 Å². The minimum atomic E-state index is 0.820. The highest BCUT2D eigenvalue weighted by Crippen LogP contribution is 2.19. The zero-order chi connectivity index (χ0) is 13.7. The van der Waals surface area contributed by atoms with Gasteiger partial charge in [-0.3, -0.25) is 0 Å². The van der Waals surface area contributed by atoms with Crippen molar-refractivity contribution in [1.29, 1.82) is 0 Å². The highest BCUT2D eigenvalue weighted by Gasteiger charge is 2.03. The predicted octanol–water partition coefficient (Wildman–Crippen LogP) is 3.82. The fourth-order valence-corrected chi connectivity index (χ4v) is 2.25. The van der Waals surface area contributed by atoms with Gasteiger partial charge in [0.05, 0.1) is 0 Å². The lowest BCUT2D eigenvalue weighted by molar-refractivity contribution is 0.939.